The summed E-state index contributed by atoms with van der Waals surface area (Å²) in [5.74, 6) is -3.77. The van der Waals surface area contributed by atoms with Gasteiger partial charge >= 0.3 is 0 Å². The van der Waals surface area contributed by atoms with E-state index in [1.54, 1.807) is 12.1 Å². The summed E-state index contributed by atoms with van der Waals surface area (Å²) in [5.41, 5.74) is 6.45. The third-order valence-electron chi connectivity index (χ3n) is 3.89. The minimum atomic E-state index is -2.65. The third-order valence-corrected chi connectivity index (χ3v) is 3.89. The summed E-state index contributed by atoms with van der Waals surface area (Å²) in [6, 6.07) is 4.61. The SMILES string of the molecule is NCc1ccc(CNC(=O)C2CCC(F)(F)CC2)c(F)c1. The Morgan fingerprint density at radius 1 is 1.33 bits per heavy atom. The molecule has 0 aromatic heterocycles. The zero-order valence-corrected chi connectivity index (χ0v) is 11.7. The van der Waals surface area contributed by atoms with Crippen molar-refractivity contribution in [3.05, 3.63) is 35.1 Å². The van der Waals surface area contributed by atoms with Crippen LogP contribution in [0.1, 0.15) is 36.8 Å². The molecule has 116 valence electrons. The molecule has 1 aromatic carbocycles. The molecule has 0 bridgehead atoms. The van der Waals surface area contributed by atoms with Gasteiger partial charge in [0.2, 0.25) is 11.8 Å². The number of nitrogens with one attached hydrogen (secondary N) is 1. The fourth-order valence-electron chi connectivity index (χ4n) is 2.49. The number of hydrogen-bond acceptors (Lipinski definition) is 2. The molecule has 3 N–H and O–H groups in total. The molecule has 0 saturated heterocycles. The van der Waals surface area contributed by atoms with E-state index in [-0.39, 0.29) is 44.7 Å². The number of benzene rings is 1. The standard InChI is InChI=1S/C15H19F3N2O/c16-13-7-10(8-19)1-2-12(13)9-20-14(21)11-3-5-15(17,18)6-4-11/h1-2,7,11H,3-6,8-9,19H2,(H,20,21). The van der Waals surface area contributed by atoms with E-state index in [0.717, 1.165) is 0 Å². The summed E-state index contributed by atoms with van der Waals surface area (Å²) >= 11 is 0. The maximum absolute atomic E-state index is 13.7. The maximum Gasteiger partial charge on any atom is 0.248 e. The van der Waals surface area contributed by atoms with Crippen molar-refractivity contribution in [3.8, 4) is 0 Å². The number of carbonyl (C=O) groups excluding carboxylic acids is 1. The number of alkyl halides is 2. The number of hydrogen-bond donors (Lipinski definition) is 2. The van der Waals surface area contributed by atoms with Gasteiger partial charge in [0.25, 0.3) is 0 Å². The summed E-state index contributed by atoms with van der Waals surface area (Å²) < 4.78 is 39.8. The number of halogens is 3. The summed E-state index contributed by atoms with van der Waals surface area (Å²) in [4.78, 5) is 11.9. The lowest BCUT2D eigenvalue weighted by Gasteiger charge is -2.27. The van der Waals surface area contributed by atoms with Crippen molar-refractivity contribution in [1.82, 2.24) is 5.32 Å². The summed E-state index contributed by atoms with van der Waals surface area (Å²) in [5, 5.41) is 2.62. The van der Waals surface area contributed by atoms with Crippen LogP contribution in [0.5, 0.6) is 0 Å². The Morgan fingerprint density at radius 2 is 2.00 bits per heavy atom. The van der Waals surface area contributed by atoms with Crippen molar-refractivity contribution >= 4 is 5.91 Å². The van der Waals surface area contributed by atoms with Crippen LogP contribution in [-0.2, 0) is 17.9 Å². The highest BCUT2D eigenvalue weighted by atomic mass is 19.3. The lowest BCUT2D eigenvalue weighted by atomic mass is 9.86. The number of rotatable bonds is 4. The minimum Gasteiger partial charge on any atom is -0.352 e. The fourth-order valence-corrected chi connectivity index (χ4v) is 2.49. The van der Waals surface area contributed by atoms with E-state index in [1.165, 1.54) is 6.07 Å². The molecule has 1 fully saturated rings. The fraction of sp³-hybridized carbons (Fsp3) is 0.533. The van der Waals surface area contributed by atoms with Crippen LogP contribution in [0.2, 0.25) is 0 Å². The number of amides is 1. The first-order valence-electron chi connectivity index (χ1n) is 7.04. The second-order valence-corrected chi connectivity index (χ2v) is 5.48. The first-order valence-corrected chi connectivity index (χ1v) is 7.04. The molecular formula is C15H19F3N2O. The molecule has 0 atom stereocenters. The first-order chi connectivity index (χ1) is 9.91. The molecule has 6 heteroatoms. The summed E-state index contributed by atoms with van der Waals surface area (Å²) in [7, 11) is 0. The topological polar surface area (TPSA) is 55.1 Å². The smallest absolute Gasteiger partial charge is 0.248 e. The van der Waals surface area contributed by atoms with Gasteiger partial charge in [0.15, 0.2) is 0 Å². The van der Waals surface area contributed by atoms with Crippen molar-refractivity contribution in [3.63, 3.8) is 0 Å². The normalized spacial score (nSPS) is 18.5. The molecule has 1 aromatic rings. The van der Waals surface area contributed by atoms with E-state index in [2.05, 4.69) is 5.32 Å². The molecule has 1 aliphatic rings. The van der Waals surface area contributed by atoms with Crippen molar-refractivity contribution in [2.45, 2.75) is 44.7 Å². The van der Waals surface area contributed by atoms with Crippen LogP contribution >= 0.6 is 0 Å². The van der Waals surface area contributed by atoms with Crippen molar-refractivity contribution < 1.29 is 18.0 Å². The van der Waals surface area contributed by atoms with Gasteiger partial charge < -0.3 is 11.1 Å². The van der Waals surface area contributed by atoms with Gasteiger partial charge in [-0.3, -0.25) is 4.79 Å². The Hall–Kier alpha value is -1.56. The van der Waals surface area contributed by atoms with Crippen molar-refractivity contribution in [2.24, 2.45) is 11.7 Å². The van der Waals surface area contributed by atoms with E-state index in [0.29, 0.717) is 11.1 Å². The quantitative estimate of drug-likeness (QED) is 0.898. The lowest BCUT2D eigenvalue weighted by Crippen LogP contribution is -2.35. The molecule has 1 saturated carbocycles. The lowest BCUT2D eigenvalue weighted by molar-refractivity contribution is -0.129. The molecule has 3 nitrogen and oxygen atoms in total. The van der Waals surface area contributed by atoms with Crippen LogP contribution in [0.25, 0.3) is 0 Å². The molecule has 1 amide bonds. The van der Waals surface area contributed by atoms with E-state index >= 15 is 0 Å². The zero-order chi connectivity index (χ0) is 15.5. The Bertz CT molecular complexity index is 510. The molecular weight excluding hydrogens is 281 g/mol. The van der Waals surface area contributed by atoms with Gasteiger partial charge in [0, 0.05) is 37.4 Å². The van der Waals surface area contributed by atoms with Crippen molar-refractivity contribution in [2.75, 3.05) is 0 Å². The van der Waals surface area contributed by atoms with Crippen LogP contribution in [-0.4, -0.2) is 11.8 Å². The highest BCUT2D eigenvalue weighted by Gasteiger charge is 2.37. The Labute approximate surface area is 121 Å². The molecule has 21 heavy (non-hydrogen) atoms. The molecule has 1 aliphatic carbocycles. The van der Waals surface area contributed by atoms with Gasteiger partial charge in [-0.15, -0.1) is 0 Å². The molecule has 0 spiro atoms. The van der Waals surface area contributed by atoms with E-state index in [1.807, 2.05) is 0 Å². The molecule has 0 aliphatic heterocycles. The average Bonchev–Trinajstić information content (AvgIpc) is 2.45. The maximum atomic E-state index is 13.7. The van der Waals surface area contributed by atoms with Crippen LogP contribution in [0.4, 0.5) is 13.2 Å². The molecule has 2 rings (SSSR count). The third kappa shape index (κ3) is 4.20. The Kier molecular flexibility index (Phi) is 4.88. The Morgan fingerprint density at radius 3 is 2.57 bits per heavy atom. The van der Waals surface area contributed by atoms with E-state index in [4.69, 9.17) is 5.73 Å². The second-order valence-electron chi connectivity index (χ2n) is 5.48. The predicted octanol–water partition coefficient (Wildman–Crippen LogP) is 2.73. The van der Waals surface area contributed by atoms with Gasteiger partial charge in [0.05, 0.1) is 0 Å². The van der Waals surface area contributed by atoms with Crippen LogP contribution in [0, 0.1) is 11.7 Å². The van der Waals surface area contributed by atoms with Crippen LogP contribution < -0.4 is 11.1 Å². The molecule has 0 heterocycles. The Balaban J connectivity index is 1.87. The minimum absolute atomic E-state index is 0.0579. The predicted molar refractivity (Wildman–Crippen MR) is 73.0 cm³/mol. The number of carbonyl (C=O) groups is 1. The van der Waals surface area contributed by atoms with Gasteiger partial charge in [-0.2, -0.15) is 0 Å². The average molecular weight is 300 g/mol. The van der Waals surface area contributed by atoms with Crippen molar-refractivity contribution in [1.29, 1.82) is 0 Å². The van der Waals surface area contributed by atoms with Gasteiger partial charge in [-0.25, -0.2) is 13.2 Å². The van der Waals surface area contributed by atoms with Gasteiger partial charge in [0.1, 0.15) is 5.82 Å². The van der Waals surface area contributed by atoms with Crippen LogP contribution in [0.15, 0.2) is 18.2 Å². The zero-order valence-electron chi connectivity index (χ0n) is 11.7. The van der Waals surface area contributed by atoms with Gasteiger partial charge in [-0.1, -0.05) is 12.1 Å². The summed E-state index contributed by atoms with van der Waals surface area (Å²) in [6.45, 7) is 0.308. The highest BCUT2D eigenvalue weighted by Crippen LogP contribution is 2.36. The molecule has 0 unspecified atom stereocenters. The summed E-state index contributed by atoms with van der Waals surface area (Å²) in [6.07, 6.45) is -0.170. The molecule has 0 radical (unpaired) electrons. The van der Waals surface area contributed by atoms with Gasteiger partial charge in [-0.05, 0) is 24.5 Å². The second kappa shape index (κ2) is 6.47. The largest absolute Gasteiger partial charge is 0.352 e. The first kappa shape index (κ1) is 15.8. The van der Waals surface area contributed by atoms with E-state index in [9.17, 15) is 18.0 Å². The van der Waals surface area contributed by atoms with Crippen LogP contribution in [0.3, 0.4) is 0 Å². The highest BCUT2D eigenvalue weighted by molar-refractivity contribution is 5.78. The van der Waals surface area contributed by atoms with E-state index < -0.39 is 17.7 Å². The number of nitrogens with two attached hydrogens (primary N) is 1. The monoisotopic (exact) mass is 300 g/mol.